The van der Waals surface area contributed by atoms with Gasteiger partial charge in [-0.1, -0.05) is 52.4 Å². The van der Waals surface area contributed by atoms with E-state index in [9.17, 15) is 0 Å². The molecule has 0 unspecified atom stereocenters. The lowest BCUT2D eigenvalue weighted by Gasteiger charge is -2.10. The molecule has 1 aliphatic carbocycles. The van der Waals surface area contributed by atoms with Crippen LogP contribution in [-0.2, 0) is 0 Å². The van der Waals surface area contributed by atoms with Crippen molar-refractivity contribution in [3.63, 3.8) is 0 Å². The highest BCUT2D eigenvalue weighted by Gasteiger charge is 2.05. The molecule has 1 aromatic carbocycles. The summed E-state index contributed by atoms with van der Waals surface area (Å²) in [5.74, 6) is 0. The predicted molar refractivity (Wildman–Crippen MR) is 60.5 cm³/mol. The van der Waals surface area contributed by atoms with Gasteiger partial charge in [-0.25, -0.2) is 0 Å². The van der Waals surface area contributed by atoms with Gasteiger partial charge in [-0.2, -0.15) is 0 Å². The Hall–Kier alpha value is -0.820. The average Bonchev–Trinajstić information content (AvgIpc) is 2.20. The second kappa shape index (κ2) is 3.93. The van der Waals surface area contributed by atoms with Crippen LogP contribution in [0, 0.1) is 0 Å². The lowest BCUT2D eigenvalue weighted by atomic mass is 9.98. The summed E-state index contributed by atoms with van der Waals surface area (Å²) in [6.07, 6.45) is 8.86. The number of hydrogen-bond acceptors (Lipinski definition) is 0. The monoisotopic (exact) mass is 234 g/mol. The summed E-state index contributed by atoms with van der Waals surface area (Å²) < 4.78 is 1.19. The van der Waals surface area contributed by atoms with Crippen LogP contribution in [0.5, 0.6) is 0 Å². The molecule has 0 bridgehead atoms. The van der Waals surface area contributed by atoms with Crippen LogP contribution >= 0.6 is 15.9 Å². The van der Waals surface area contributed by atoms with E-state index in [0.717, 1.165) is 12.8 Å². The third-order valence-corrected chi connectivity index (χ3v) is 2.93. The van der Waals surface area contributed by atoms with Gasteiger partial charge in [0, 0.05) is 4.47 Å². The van der Waals surface area contributed by atoms with E-state index in [1.807, 2.05) is 6.07 Å². The Morgan fingerprint density at radius 2 is 2.00 bits per heavy atom. The van der Waals surface area contributed by atoms with Crippen molar-refractivity contribution < 1.29 is 0 Å². The fourth-order valence-electron chi connectivity index (χ4n) is 1.55. The minimum Gasteiger partial charge on any atom is -0.0842 e. The molecule has 0 heterocycles. The molecule has 13 heavy (non-hydrogen) atoms. The molecule has 1 heteroatoms. The van der Waals surface area contributed by atoms with Crippen LogP contribution in [0.4, 0.5) is 0 Å². The topological polar surface area (TPSA) is 0 Å². The first-order valence-electron chi connectivity index (χ1n) is 4.48. The standard InChI is InChI=1S/C12H11Br/c13-12-9-5-4-8-11(12)10-6-2-1-3-7-10/h1-2,4-6,8-9H,3,7H2. The van der Waals surface area contributed by atoms with Gasteiger partial charge in [0.25, 0.3) is 0 Å². The molecule has 66 valence electrons. The van der Waals surface area contributed by atoms with E-state index in [-0.39, 0.29) is 0 Å². The Balaban J connectivity index is 2.40. The summed E-state index contributed by atoms with van der Waals surface area (Å²) in [6, 6.07) is 8.38. The minimum absolute atomic E-state index is 1.15. The second-order valence-corrected chi connectivity index (χ2v) is 3.99. The maximum absolute atomic E-state index is 3.57. The van der Waals surface area contributed by atoms with Crippen molar-refractivity contribution in [3.8, 4) is 0 Å². The van der Waals surface area contributed by atoms with Crippen LogP contribution in [-0.4, -0.2) is 0 Å². The largest absolute Gasteiger partial charge is 0.0842 e. The average molecular weight is 235 g/mol. The highest BCUT2D eigenvalue weighted by molar-refractivity contribution is 9.10. The van der Waals surface area contributed by atoms with E-state index in [4.69, 9.17) is 0 Å². The molecule has 0 amide bonds. The molecule has 2 rings (SSSR count). The molecule has 0 saturated carbocycles. The Labute approximate surface area is 87.1 Å². The zero-order valence-electron chi connectivity index (χ0n) is 7.33. The molecule has 0 nitrogen and oxygen atoms in total. The van der Waals surface area contributed by atoms with E-state index in [2.05, 4.69) is 52.4 Å². The highest BCUT2D eigenvalue weighted by atomic mass is 79.9. The van der Waals surface area contributed by atoms with Gasteiger partial charge in [-0.05, 0) is 30.0 Å². The molecule has 0 spiro atoms. The van der Waals surface area contributed by atoms with Crippen molar-refractivity contribution >= 4 is 21.5 Å². The smallest absolute Gasteiger partial charge is 0.0250 e. The summed E-state index contributed by atoms with van der Waals surface area (Å²) >= 11 is 3.57. The zero-order chi connectivity index (χ0) is 9.10. The first-order valence-corrected chi connectivity index (χ1v) is 5.28. The van der Waals surface area contributed by atoms with Gasteiger partial charge in [0.05, 0.1) is 0 Å². The molecular weight excluding hydrogens is 224 g/mol. The minimum atomic E-state index is 1.15. The Bertz CT molecular complexity index is 361. The number of benzene rings is 1. The van der Waals surface area contributed by atoms with E-state index in [1.54, 1.807) is 0 Å². The predicted octanol–water partition coefficient (Wildman–Crippen LogP) is 4.18. The van der Waals surface area contributed by atoms with E-state index in [0.29, 0.717) is 0 Å². The van der Waals surface area contributed by atoms with Crippen LogP contribution in [0.1, 0.15) is 18.4 Å². The van der Waals surface area contributed by atoms with Crippen LogP contribution in [0.25, 0.3) is 5.57 Å². The van der Waals surface area contributed by atoms with Crippen molar-refractivity contribution in [2.75, 3.05) is 0 Å². The van der Waals surface area contributed by atoms with Crippen LogP contribution in [0.3, 0.4) is 0 Å². The summed E-state index contributed by atoms with van der Waals surface area (Å²) in [6.45, 7) is 0. The van der Waals surface area contributed by atoms with Gasteiger partial charge in [0.15, 0.2) is 0 Å². The summed E-state index contributed by atoms with van der Waals surface area (Å²) in [5, 5.41) is 0. The molecule has 0 aromatic heterocycles. The maximum Gasteiger partial charge on any atom is 0.0250 e. The van der Waals surface area contributed by atoms with Crippen molar-refractivity contribution in [3.05, 3.63) is 52.5 Å². The van der Waals surface area contributed by atoms with Crippen LogP contribution in [0.15, 0.2) is 47.0 Å². The molecule has 0 N–H and O–H groups in total. The molecule has 0 atom stereocenters. The van der Waals surface area contributed by atoms with Crippen molar-refractivity contribution in [1.82, 2.24) is 0 Å². The number of hydrogen-bond donors (Lipinski definition) is 0. The van der Waals surface area contributed by atoms with Crippen molar-refractivity contribution in [1.29, 1.82) is 0 Å². The van der Waals surface area contributed by atoms with Gasteiger partial charge in [0.2, 0.25) is 0 Å². The molecule has 0 fully saturated rings. The van der Waals surface area contributed by atoms with Gasteiger partial charge in [-0.15, -0.1) is 0 Å². The lowest BCUT2D eigenvalue weighted by Crippen LogP contribution is -1.88. The van der Waals surface area contributed by atoms with E-state index < -0.39 is 0 Å². The zero-order valence-corrected chi connectivity index (χ0v) is 8.92. The summed E-state index contributed by atoms with van der Waals surface area (Å²) in [7, 11) is 0. The summed E-state index contributed by atoms with van der Waals surface area (Å²) in [5.41, 5.74) is 2.75. The third kappa shape index (κ3) is 1.92. The van der Waals surface area contributed by atoms with Gasteiger partial charge in [0.1, 0.15) is 0 Å². The molecule has 1 aromatic rings. The number of rotatable bonds is 1. The van der Waals surface area contributed by atoms with Gasteiger partial charge >= 0.3 is 0 Å². The number of halogens is 1. The quantitative estimate of drug-likeness (QED) is 0.684. The van der Waals surface area contributed by atoms with Gasteiger partial charge in [-0.3, -0.25) is 0 Å². The van der Waals surface area contributed by atoms with Crippen LogP contribution in [0.2, 0.25) is 0 Å². The molecule has 1 aliphatic rings. The first-order chi connectivity index (χ1) is 6.38. The molecule has 0 saturated heterocycles. The van der Waals surface area contributed by atoms with Crippen molar-refractivity contribution in [2.45, 2.75) is 12.8 Å². The van der Waals surface area contributed by atoms with Crippen molar-refractivity contribution in [2.24, 2.45) is 0 Å². The maximum atomic E-state index is 3.57. The first kappa shape index (κ1) is 8.76. The number of allylic oxidation sites excluding steroid dienone is 4. The van der Waals surface area contributed by atoms with Gasteiger partial charge < -0.3 is 0 Å². The second-order valence-electron chi connectivity index (χ2n) is 3.14. The highest BCUT2D eigenvalue weighted by Crippen LogP contribution is 2.29. The Morgan fingerprint density at radius 3 is 2.69 bits per heavy atom. The molecular formula is C12H11Br. The SMILES string of the molecule is Brc1ccccc1C1=CC=CCC1. The summed E-state index contributed by atoms with van der Waals surface area (Å²) in [4.78, 5) is 0. The fraction of sp³-hybridized carbons (Fsp3) is 0.167. The molecule has 0 aliphatic heterocycles. The van der Waals surface area contributed by atoms with Crippen LogP contribution < -0.4 is 0 Å². The van der Waals surface area contributed by atoms with E-state index >= 15 is 0 Å². The lowest BCUT2D eigenvalue weighted by molar-refractivity contribution is 1.05. The van der Waals surface area contributed by atoms with E-state index in [1.165, 1.54) is 15.6 Å². The fourth-order valence-corrected chi connectivity index (χ4v) is 2.09. The Kier molecular flexibility index (Phi) is 2.65. The Morgan fingerprint density at radius 1 is 1.15 bits per heavy atom. The third-order valence-electron chi connectivity index (χ3n) is 2.23. The normalized spacial score (nSPS) is 15.6. The molecule has 0 radical (unpaired) electrons.